The van der Waals surface area contributed by atoms with Crippen molar-refractivity contribution in [3.05, 3.63) is 29.3 Å². The lowest BCUT2D eigenvalue weighted by atomic mass is 9.90. The molecular weight excluding hydrogens is 266 g/mol. The highest BCUT2D eigenvalue weighted by Crippen LogP contribution is 2.29. The Bertz CT molecular complexity index is 527. The van der Waals surface area contributed by atoms with Crippen LogP contribution in [-0.2, 0) is 11.2 Å². The van der Waals surface area contributed by atoms with Gasteiger partial charge < -0.3 is 14.7 Å². The molecule has 4 heteroatoms. The number of oxime groups is 1. The van der Waals surface area contributed by atoms with Crippen LogP contribution < -0.4 is 4.74 Å². The van der Waals surface area contributed by atoms with E-state index in [9.17, 15) is 0 Å². The van der Waals surface area contributed by atoms with Crippen molar-refractivity contribution < 1.29 is 14.7 Å². The molecule has 2 aliphatic carbocycles. The smallest absolute Gasteiger partial charge is 0.120 e. The topological polar surface area (TPSA) is 51.0 Å². The molecule has 1 N–H and O–H groups in total. The van der Waals surface area contributed by atoms with Crippen LogP contribution in [-0.4, -0.2) is 30.2 Å². The van der Waals surface area contributed by atoms with Crippen molar-refractivity contribution in [3.8, 4) is 5.75 Å². The lowest BCUT2D eigenvalue weighted by Gasteiger charge is -2.29. The van der Waals surface area contributed by atoms with E-state index in [-0.39, 0.29) is 6.10 Å². The molecule has 1 fully saturated rings. The molecule has 0 bridgehead atoms. The van der Waals surface area contributed by atoms with Gasteiger partial charge in [-0.15, -0.1) is 0 Å². The van der Waals surface area contributed by atoms with Gasteiger partial charge in [-0.2, -0.15) is 0 Å². The molecule has 0 radical (unpaired) electrons. The van der Waals surface area contributed by atoms with Crippen LogP contribution in [0.2, 0.25) is 0 Å². The van der Waals surface area contributed by atoms with Crippen molar-refractivity contribution in [2.24, 2.45) is 5.16 Å². The number of rotatable bonds is 3. The summed E-state index contributed by atoms with van der Waals surface area (Å²) in [6.45, 7) is 0. The van der Waals surface area contributed by atoms with Crippen LogP contribution in [0, 0.1) is 0 Å². The Kier molecular flexibility index (Phi) is 4.44. The molecule has 1 aromatic rings. The van der Waals surface area contributed by atoms with Crippen molar-refractivity contribution in [3.63, 3.8) is 0 Å². The minimum atomic E-state index is 0.222. The molecule has 21 heavy (non-hydrogen) atoms. The van der Waals surface area contributed by atoms with Crippen LogP contribution in [0.1, 0.15) is 49.7 Å². The second-order valence-electron chi connectivity index (χ2n) is 5.98. The molecule has 0 aromatic heterocycles. The van der Waals surface area contributed by atoms with Gasteiger partial charge in [-0.3, -0.25) is 0 Å². The highest BCUT2D eigenvalue weighted by molar-refractivity contribution is 6.02. The highest BCUT2D eigenvalue weighted by atomic mass is 16.5. The van der Waals surface area contributed by atoms with Crippen molar-refractivity contribution in [2.75, 3.05) is 7.11 Å². The first kappa shape index (κ1) is 14.4. The van der Waals surface area contributed by atoms with Gasteiger partial charge in [0.25, 0.3) is 0 Å². The summed E-state index contributed by atoms with van der Waals surface area (Å²) < 4.78 is 11.6. The Balaban J connectivity index is 1.74. The van der Waals surface area contributed by atoms with Crippen LogP contribution in [0.4, 0.5) is 0 Å². The maximum Gasteiger partial charge on any atom is 0.120 e. The Hall–Kier alpha value is -1.55. The van der Waals surface area contributed by atoms with E-state index in [1.807, 2.05) is 12.1 Å². The Morgan fingerprint density at radius 2 is 2.00 bits per heavy atom. The fourth-order valence-corrected chi connectivity index (χ4v) is 3.42. The molecule has 0 aliphatic heterocycles. The van der Waals surface area contributed by atoms with Gasteiger partial charge in [0.15, 0.2) is 0 Å². The summed E-state index contributed by atoms with van der Waals surface area (Å²) in [7, 11) is 1.77. The lowest BCUT2D eigenvalue weighted by molar-refractivity contribution is 0.0209. The van der Waals surface area contributed by atoms with Gasteiger partial charge >= 0.3 is 0 Å². The molecule has 3 rings (SSSR count). The first-order valence-electron chi connectivity index (χ1n) is 7.84. The number of nitrogens with zero attached hydrogens (tertiary/aromatic N) is 1. The van der Waals surface area contributed by atoms with E-state index in [0.717, 1.165) is 62.0 Å². The van der Waals surface area contributed by atoms with Crippen LogP contribution in [0.3, 0.4) is 0 Å². The molecule has 1 saturated carbocycles. The number of benzene rings is 1. The molecule has 4 nitrogen and oxygen atoms in total. The van der Waals surface area contributed by atoms with Crippen LogP contribution in [0.25, 0.3) is 0 Å². The van der Waals surface area contributed by atoms with E-state index in [4.69, 9.17) is 14.7 Å². The third-order valence-corrected chi connectivity index (χ3v) is 4.59. The largest absolute Gasteiger partial charge is 0.490 e. The predicted molar refractivity (Wildman–Crippen MR) is 81.4 cm³/mol. The standard InChI is InChI=1S/C17H23NO3/c1-20-13-5-3-6-14(10-13)21-15-9-8-12-4-2-7-17(18-19)16(12)11-15/h8-9,11,13-14,19H,2-7,10H2,1H3/b18-17-. The lowest BCUT2D eigenvalue weighted by Crippen LogP contribution is -2.29. The van der Waals surface area contributed by atoms with Crippen molar-refractivity contribution >= 4 is 5.71 Å². The molecule has 2 atom stereocenters. The van der Waals surface area contributed by atoms with E-state index in [1.165, 1.54) is 5.56 Å². The first-order chi connectivity index (χ1) is 10.3. The quantitative estimate of drug-likeness (QED) is 0.684. The van der Waals surface area contributed by atoms with Crippen LogP contribution in [0.15, 0.2) is 23.4 Å². The number of aryl methyl sites for hydroxylation is 1. The number of hydrogen-bond donors (Lipinski definition) is 1. The Morgan fingerprint density at radius 1 is 1.14 bits per heavy atom. The van der Waals surface area contributed by atoms with Crippen molar-refractivity contribution in [1.82, 2.24) is 0 Å². The van der Waals surface area contributed by atoms with Crippen molar-refractivity contribution in [2.45, 2.75) is 57.2 Å². The van der Waals surface area contributed by atoms with Gasteiger partial charge in [-0.1, -0.05) is 11.2 Å². The Morgan fingerprint density at radius 3 is 2.81 bits per heavy atom. The maximum atomic E-state index is 9.15. The molecule has 1 aromatic carbocycles. The number of methoxy groups -OCH3 is 1. The normalized spacial score (nSPS) is 27.4. The molecule has 0 spiro atoms. The summed E-state index contributed by atoms with van der Waals surface area (Å²) >= 11 is 0. The summed E-state index contributed by atoms with van der Waals surface area (Å²) in [5.41, 5.74) is 3.07. The van der Waals surface area contributed by atoms with Gasteiger partial charge in [0.05, 0.1) is 11.8 Å². The summed E-state index contributed by atoms with van der Waals surface area (Å²) in [6, 6.07) is 6.17. The third-order valence-electron chi connectivity index (χ3n) is 4.59. The predicted octanol–water partition coefficient (Wildman–Crippen LogP) is 3.54. The summed E-state index contributed by atoms with van der Waals surface area (Å²) in [5, 5.41) is 12.6. The Labute approximate surface area is 125 Å². The maximum absolute atomic E-state index is 9.15. The van der Waals surface area contributed by atoms with E-state index in [1.54, 1.807) is 7.11 Å². The molecule has 0 saturated heterocycles. The summed E-state index contributed by atoms with van der Waals surface area (Å²) in [5.74, 6) is 0.874. The average Bonchev–Trinajstić information content (AvgIpc) is 2.54. The summed E-state index contributed by atoms with van der Waals surface area (Å²) in [4.78, 5) is 0. The van der Waals surface area contributed by atoms with Crippen LogP contribution >= 0.6 is 0 Å². The zero-order chi connectivity index (χ0) is 14.7. The monoisotopic (exact) mass is 289 g/mol. The van der Waals surface area contributed by atoms with E-state index in [0.29, 0.717) is 6.10 Å². The minimum Gasteiger partial charge on any atom is -0.490 e. The van der Waals surface area contributed by atoms with E-state index < -0.39 is 0 Å². The molecule has 0 amide bonds. The van der Waals surface area contributed by atoms with E-state index in [2.05, 4.69) is 11.2 Å². The van der Waals surface area contributed by atoms with Crippen LogP contribution in [0.5, 0.6) is 5.75 Å². The third kappa shape index (κ3) is 3.21. The SMILES string of the molecule is COC1CCCC(Oc2ccc3c(c2)/C(=N\O)CCC3)C1. The first-order valence-corrected chi connectivity index (χ1v) is 7.84. The van der Waals surface area contributed by atoms with Gasteiger partial charge in [0, 0.05) is 19.1 Å². The second kappa shape index (κ2) is 6.48. The zero-order valence-corrected chi connectivity index (χ0v) is 12.5. The number of fused-ring (bicyclic) bond motifs is 1. The molecule has 114 valence electrons. The highest BCUT2D eigenvalue weighted by Gasteiger charge is 2.24. The van der Waals surface area contributed by atoms with Crippen molar-refractivity contribution in [1.29, 1.82) is 0 Å². The molecular formula is C17H23NO3. The number of hydrogen-bond acceptors (Lipinski definition) is 4. The molecule has 2 aliphatic rings. The summed E-state index contributed by atoms with van der Waals surface area (Å²) in [6.07, 6.45) is 7.78. The van der Waals surface area contributed by atoms with Gasteiger partial charge in [0.1, 0.15) is 11.9 Å². The van der Waals surface area contributed by atoms with Gasteiger partial charge in [-0.05, 0) is 56.2 Å². The fraction of sp³-hybridized carbons (Fsp3) is 0.588. The van der Waals surface area contributed by atoms with E-state index >= 15 is 0 Å². The average molecular weight is 289 g/mol. The number of ether oxygens (including phenoxy) is 2. The van der Waals surface area contributed by atoms with Gasteiger partial charge in [0.2, 0.25) is 0 Å². The molecule has 0 heterocycles. The second-order valence-corrected chi connectivity index (χ2v) is 5.98. The fourth-order valence-electron chi connectivity index (χ4n) is 3.42. The minimum absolute atomic E-state index is 0.222. The van der Waals surface area contributed by atoms with Gasteiger partial charge in [-0.25, -0.2) is 0 Å². The molecule has 2 unspecified atom stereocenters. The zero-order valence-electron chi connectivity index (χ0n) is 12.5.